The number of aryl methyl sites for hydroxylation is 1. The molecule has 1 aliphatic carbocycles. The maximum absolute atomic E-state index is 10.7. The van der Waals surface area contributed by atoms with Gasteiger partial charge < -0.3 is 4.57 Å². The van der Waals surface area contributed by atoms with E-state index in [1.165, 1.54) is 0 Å². The summed E-state index contributed by atoms with van der Waals surface area (Å²) >= 11 is 6.31. The van der Waals surface area contributed by atoms with Crippen LogP contribution in [0.15, 0.2) is 29.4 Å². The molecule has 0 radical (unpaired) electrons. The first-order chi connectivity index (χ1) is 8.68. The summed E-state index contributed by atoms with van der Waals surface area (Å²) in [4.78, 5) is 14.7. The van der Waals surface area contributed by atoms with Crippen molar-refractivity contribution >= 4 is 28.6 Å². The third-order valence-electron chi connectivity index (χ3n) is 3.91. The van der Waals surface area contributed by atoms with E-state index in [2.05, 4.69) is 4.99 Å². The molecule has 18 heavy (non-hydrogen) atoms. The molecule has 0 unspecified atom stereocenters. The molecule has 2 aromatic rings. The highest BCUT2D eigenvalue weighted by atomic mass is 35.5. The predicted octanol–water partition coefficient (Wildman–Crippen LogP) is 3.55. The molecule has 0 atom stereocenters. The van der Waals surface area contributed by atoms with E-state index in [-0.39, 0.29) is 0 Å². The Morgan fingerprint density at radius 2 is 2.22 bits per heavy atom. The van der Waals surface area contributed by atoms with Gasteiger partial charge in [-0.15, -0.1) is 0 Å². The summed E-state index contributed by atoms with van der Waals surface area (Å²) < 4.78 is 2.00. The van der Waals surface area contributed by atoms with Crippen LogP contribution in [0.1, 0.15) is 24.8 Å². The van der Waals surface area contributed by atoms with E-state index >= 15 is 0 Å². The topological polar surface area (TPSA) is 34.4 Å². The Hall–Kier alpha value is -1.57. The summed E-state index contributed by atoms with van der Waals surface area (Å²) in [5.74, 6) is 0. The molecular weight excluding hydrogens is 248 g/mol. The fourth-order valence-corrected chi connectivity index (χ4v) is 3.16. The second-order valence-corrected chi connectivity index (χ2v) is 5.28. The van der Waals surface area contributed by atoms with Crippen LogP contribution in [0.2, 0.25) is 5.02 Å². The number of nitrogens with zero attached hydrogens (tertiary/aromatic N) is 2. The number of isocyanates is 1. The van der Waals surface area contributed by atoms with Gasteiger partial charge >= 0.3 is 0 Å². The second-order valence-electron chi connectivity index (χ2n) is 4.88. The lowest BCUT2D eigenvalue weighted by Crippen LogP contribution is -2.32. The van der Waals surface area contributed by atoms with Crippen LogP contribution in [0, 0.1) is 0 Å². The zero-order chi connectivity index (χ0) is 12.8. The van der Waals surface area contributed by atoms with Crippen LogP contribution in [0.3, 0.4) is 0 Å². The molecule has 1 fully saturated rings. The number of benzene rings is 1. The Labute approximate surface area is 110 Å². The molecule has 3 rings (SSSR count). The molecule has 4 heteroatoms. The van der Waals surface area contributed by atoms with Crippen LogP contribution in [-0.2, 0) is 17.4 Å². The Kier molecular flexibility index (Phi) is 2.54. The smallest absolute Gasteiger partial charge is 0.235 e. The van der Waals surface area contributed by atoms with E-state index in [0.717, 1.165) is 40.8 Å². The molecular formula is C14H13ClN2O. The van der Waals surface area contributed by atoms with Gasteiger partial charge in [-0.2, -0.15) is 4.99 Å². The molecule has 0 saturated heterocycles. The number of aliphatic imine (C=N–C) groups is 1. The SMILES string of the molecule is Cn1cc(Cl)c2c(C3(N=C=O)CCC3)cccc21. The number of carbonyl (C=O) groups excluding carboxylic acids is 1. The third kappa shape index (κ3) is 1.45. The summed E-state index contributed by atoms with van der Waals surface area (Å²) in [6.45, 7) is 0. The number of rotatable bonds is 2. The first-order valence-corrected chi connectivity index (χ1v) is 6.39. The van der Waals surface area contributed by atoms with Gasteiger partial charge in [-0.1, -0.05) is 23.7 Å². The Balaban J connectivity index is 2.32. The minimum atomic E-state index is -0.397. The van der Waals surface area contributed by atoms with E-state index in [1.807, 2.05) is 36.0 Å². The van der Waals surface area contributed by atoms with Crippen LogP contribution in [0.25, 0.3) is 10.9 Å². The largest absolute Gasteiger partial charge is 0.349 e. The van der Waals surface area contributed by atoms with E-state index in [1.54, 1.807) is 6.08 Å². The average Bonchev–Trinajstić information content (AvgIpc) is 2.60. The van der Waals surface area contributed by atoms with E-state index in [9.17, 15) is 4.79 Å². The minimum absolute atomic E-state index is 0.397. The lowest BCUT2D eigenvalue weighted by atomic mass is 9.71. The molecule has 1 aromatic carbocycles. The molecule has 1 aliphatic rings. The summed E-state index contributed by atoms with van der Waals surface area (Å²) in [5, 5.41) is 1.73. The van der Waals surface area contributed by atoms with E-state index in [0.29, 0.717) is 0 Å². The summed E-state index contributed by atoms with van der Waals surface area (Å²) in [5.41, 5.74) is 1.73. The van der Waals surface area contributed by atoms with Crippen molar-refractivity contribution in [2.24, 2.45) is 12.0 Å². The predicted molar refractivity (Wildman–Crippen MR) is 71.6 cm³/mol. The summed E-state index contributed by atoms with van der Waals surface area (Å²) in [6, 6.07) is 6.05. The molecule has 1 saturated carbocycles. The van der Waals surface area contributed by atoms with Crippen LogP contribution in [0.5, 0.6) is 0 Å². The van der Waals surface area contributed by atoms with Crippen LogP contribution >= 0.6 is 11.6 Å². The molecule has 1 aromatic heterocycles. The van der Waals surface area contributed by atoms with Crippen molar-refractivity contribution in [2.75, 3.05) is 0 Å². The Morgan fingerprint density at radius 1 is 1.44 bits per heavy atom. The average molecular weight is 261 g/mol. The number of aromatic nitrogens is 1. The quantitative estimate of drug-likeness (QED) is 0.601. The lowest BCUT2D eigenvalue weighted by molar-refractivity contribution is 0.258. The highest BCUT2D eigenvalue weighted by molar-refractivity contribution is 6.36. The number of halogens is 1. The fraction of sp³-hybridized carbons (Fsp3) is 0.357. The van der Waals surface area contributed by atoms with Crippen LogP contribution in [-0.4, -0.2) is 10.6 Å². The highest BCUT2D eigenvalue weighted by Gasteiger charge is 2.40. The van der Waals surface area contributed by atoms with Crippen molar-refractivity contribution in [3.63, 3.8) is 0 Å². The van der Waals surface area contributed by atoms with Gasteiger partial charge in [0, 0.05) is 24.1 Å². The lowest BCUT2D eigenvalue weighted by Gasteiger charge is -2.37. The molecule has 3 nitrogen and oxygen atoms in total. The van der Waals surface area contributed by atoms with E-state index in [4.69, 9.17) is 11.6 Å². The van der Waals surface area contributed by atoms with Crippen LogP contribution in [0.4, 0.5) is 0 Å². The number of hydrogen-bond donors (Lipinski definition) is 0. The maximum atomic E-state index is 10.7. The normalized spacial score (nSPS) is 17.2. The summed E-state index contributed by atoms with van der Waals surface area (Å²) in [6.07, 6.45) is 6.50. The highest BCUT2D eigenvalue weighted by Crippen LogP contribution is 2.48. The number of hydrogen-bond acceptors (Lipinski definition) is 2. The standard InChI is InChI=1S/C14H13ClN2O/c1-17-8-11(15)13-10(4-2-5-12(13)17)14(16-9-18)6-3-7-14/h2,4-5,8H,3,6-7H2,1H3. The molecule has 0 spiro atoms. The van der Waals surface area contributed by atoms with Gasteiger partial charge in [0.25, 0.3) is 0 Å². The Bertz CT molecular complexity index is 664. The van der Waals surface area contributed by atoms with Crippen LogP contribution < -0.4 is 0 Å². The van der Waals surface area contributed by atoms with Gasteiger partial charge in [-0.05, 0) is 30.9 Å². The zero-order valence-corrected chi connectivity index (χ0v) is 10.9. The van der Waals surface area contributed by atoms with Gasteiger partial charge in [0.05, 0.1) is 10.6 Å². The fourth-order valence-electron chi connectivity index (χ4n) is 2.82. The van der Waals surface area contributed by atoms with Gasteiger partial charge in [-0.3, -0.25) is 0 Å². The molecule has 0 bridgehead atoms. The van der Waals surface area contributed by atoms with E-state index < -0.39 is 5.54 Å². The monoisotopic (exact) mass is 260 g/mol. The Morgan fingerprint density at radius 3 is 2.83 bits per heavy atom. The van der Waals surface area contributed by atoms with Crippen molar-refractivity contribution < 1.29 is 4.79 Å². The van der Waals surface area contributed by atoms with Gasteiger partial charge in [0.2, 0.25) is 6.08 Å². The van der Waals surface area contributed by atoms with Gasteiger partial charge in [0.15, 0.2) is 0 Å². The van der Waals surface area contributed by atoms with Gasteiger partial charge in [0.1, 0.15) is 0 Å². The van der Waals surface area contributed by atoms with Gasteiger partial charge in [-0.25, -0.2) is 4.79 Å². The molecule has 92 valence electrons. The number of fused-ring (bicyclic) bond motifs is 1. The van der Waals surface area contributed by atoms with Crippen molar-refractivity contribution in [3.05, 3.63) is 35.0 Å². The summed E-state index contributed by atoms with van der Waals surface area (Å²) in [7, 11) is 1.97. The van der Waals surface area contributed by atoms with Crippen molar-refractivity contribution in [3.8, 4) is 0 Å². The van der Waals surface area contributed by atoms with Crippen molar-refractivity contribution in [2.45, 2.75) is 24.8 Å². The van der Waals surface area contributed by atoms with Crippen molar-refractivity contribution in [1.82, 2.24) is 4.57 Å². The molecule has 0 amide bonds. The van der Waals surface area contributed by atoms with Crippen molar-refractivity contribution in [1.29, 1.82) is 0 Å². The molecule has 0 aliphatic heterocycles. The third-order valence-corrected chi connectivity index (χ3v) is 4.20. The molecule has 0 N–H and O–H groups in total. The molecule has 1 heterocycles. The minimum Gasteiger partial charge on any atom is -0.349 e. The first-order valence-electron chi connectivity index (χ1n) is 6.01. The zero-order valence-electron chi connectivity index (χ0n) is 10.1. The first kappa shape index (κ1) is 11.5. The maximum Gasteiger partial charge on any atom is 0.235 e. The second kappa shape index (κ2) is 3.98.